The molecule has 3 rings (SSSR count). The summed E-state index contributed by atoms with van der Waals surface area (Å²) in [6.07, 6.45) is 6.49. The lowest BCUT2D eigenvalue weighted by Gasteiger charge is -2.30. The monoisotopic (exact) mass is 329 g/mol. The number of amides is 1. The molecule has 0 bridgehead atoms. The molecule has 0 radical (unpaired) electrons. The molecule has 0 atom stereocenters. The summed E-state index contributed by atoms with van der Waals surface area (Å²) in [5.74, 6) is 2.25. The number of hydrogen-bond acceptors (Lipinski definition) is 3. The van der Waals surface area contributed by atoms with Gasteiger partial charge in [-0.2, -0.15) is 0 Å². The van der Waals surface area contributed by atoms with E-state index in [4.69, 9.17) is 4.42 Å². The van der Waals surface area contributed by atoms with Crippen molar-refractivity contribution in [1.29, 1.82) is 0 Å². The zero-order valence-electron chi connectivity index (χ0n) is 13.3. The van der Waals surface area contributed by atoms with Gasteiger partial charge >= 0.3 is 0 Å². The van der Waals surface area contributed by atoms with Gasteiger partial charge < -0.3 is 9.73 Å². The Morgan fingerprint density at radius 2 is 1.91 bits per heavy atom. The van der Waals surface area contributed by atoms with Crippen LogP contribution >= 0.6 is 11.8 Å². The maximum Gasteiger partial charge on any atom is 0.230 e. The second-order valence-corrected chi connectivity index (χ2v) is 7.19. The SMILES string of the molecule is O=C(CSCc1ccco1)NCC1(c2ccccc2)CCCC1. The van der Waals surface area contributed by atoms with Crippen molar-refractivity contribution in [2.45, 2.75) is 36.9 Å². The Labute approximate surface area is 141 Å². The molecule has 1 N–H and O–H groups in total. The first-order valence-electron chi connectivity index (χ1n) is 8.21. The summed E-state index contributed by atoms with van der Waals surface area (Å²) in [5.41, 5.74) is 1.49. The van der Waals surface area contributed by atoms with Crippen LogP contribution in [0.2, 0.25) is 0 Å². The molecule has 2 aromatic rings. The maximum absolute atomic E-state index is 12.1. The van der Waals surface area contributed by atoms with Gasteiger partial charge in [0.1, 0.15) is 5.76 Å². The lowest BCUT2D eigenvalue weighted by Crippen LogP contribution is -2.39. The molecule has 23 heavy (non-hydrogen) atoms. The maximum atomic E-state index is 12.1. The van der Waals surface area contributed by atoms with Crippen LogP contribution in [0.5, 0.6) is 0 Å². The summed E-state index contributed by atoms with van der Waals surface area (Å²) in [4.78, 5) is 12.1. The van der Waals surface area contributed by atoms with Crippen molar-refractivity contribution in [2.75, 3.05) is 12.3 Å². The van der Waals surface area contributed by atoms with E-state index < -0.39 is 0 Å². The molecule has 1 aliphatic rings. The number of hydrogen-bond donors (Lipinski definition) is 1. The fourth-order valence-corrected chi connectivity index (χ4v) is 4.12. The number of furan rings is 1. The first-order chi connectivity index (χ1) is 11.3. The van der Waals surface area contributed by atoms with E-state index in [1.165, 1.54) is 18.4 Å². The second kappa shape index (κ2) is 7.73. The van der Waals surface area contributed by atoms with Crippen LogP contribution in [0.1, 0.15) is 37.0 Å². The molecule has 122 valence electrons. The first kappa shape index (κ1) is 16.2. The van der Waals surface area contributed by atoms with Crippen LogP contribution in [0, 0.1) is 0 Å². The van der Waals surface area contributed by atoms with Crippen LogP contribution in [0.4, 0.5) is 0 Å². The molecule has 1 aromatic heterocycles. The quantitative estimate of drug-likeness (QED) is 0.830. The zero-order chi connectivity index (χ0) is 16.0. The molecule has 1 aliphatic carbocycles. The Balaban J connectivity index is 1.50. The smallest absolute Gasteiger partial charge is 0.230 e. The minimum atomic E-state index is 0.115. The van der Waals surface area contributed by atoms with Gasteiger partial charge in [0.2, 0.25) is 5.91 Å². The normalized spacial score (nSPS) is 16.3. The van der Waals surface area contributed by atoms with Crippen LogP contribution in [0.15, 0.2) is 53.1 Å². The summed E-state index contributed by atoms with van der Waals surface area (Å²) >= 11 is 1.59. The molecular weight excluding hydrogens is 306 g/mol. The summed E-state index contributed by atoms with van der Waals surface area (Å²) < 4.78 is 5.28. The Morgan fingerprint density at radius 1 is 1.13 bits per heavy atom. The molecule has 4 heteroatoms. The molecule has 1 heterocycles. The third-order valence-corrected chi connectivity index (χ3v) is 5.58. The van der Waals surface area contributed by atoms with Gasteiger partial charge in [-0.3, -0.25) is 4.79 Å². The van der Waals surface area contributed by atoms with E-state index in [0.717, 1.165) is 30.9 Å². The van der Waals surface area contributed by atoms with Crippen molar-refractivity contribution in [3.05, 3.63) is 60.1 Å². The third-order valence-electron chi connectivity index (χ3n) is 4.63. The van der Waals surface area contributed by atoms with Crippen LogP contribution < -0.4 is 5.32 Å². The highest BCUT2D eigenvalue weighted by molar-refractivity contribution is 7.99. The van der Waals surface area contributed by atoms with Crippen molar-refractivity contribution >= 4 is 17.7 Å². The van der Waals surface area contributed by atoms with E-state index in [2.05, 4.69) is 35.6 Å². The summed E-state index contributed by atoms with van der Waals surface area (Å²) in [5, 5.41) is 3.15. The minimum absolute atomic E-state index is 0.115. The highest BCUT2D eigenvalue weighted by Gasteiger charge is 2.35. The minimum Gasteiger partial charge on any atom is -0.468 e. The van der Waals surface area contributed by atoms with Crippen molar-refractivity contribution in [1.82, 2.24) is 5.32 Å². The Hall–Kier alpha value is -1.68. The predicted molar refractivity (Wildman–Crippen MR) is 94.5 cm³/mol. The highest BCUT2D eigenvalue weighted by atomic mass is 32.2. The standard InChI is InChI=1S/C19H23NO2S/c21-18(14-23-13-17-9-6-12-22-17)20-15-19(10-4-5-11-19)16-7-2-1-3-8-16/h1-3,6-9,12H,4-5,10-11,13-15H2,(H,20,21). The van der Waals surface area contributed by atoms with E-state index in [0.29, 0.717) is 5.75 Å². The third kappa shape index (κ3) is 4.20. The van der Waals surface area contributed by atoms with Crippen molar-refractivity contribution < 1.29 is 9.21 Å². The van der Waals surface area contributed by atoms with E-state index in [1.54, 1.807) is 18.0 Å². The average Bonchev–Trinajstić information content (AvgIpc) is 3.26. The Morgan fingerprint density at radius 3 is 2.61 bits per heavy atom. The fourth-order valence-electron chi connectivity index (χ4n) is 3.37. The van der Waals surface area contributed by atoms with Gasteiger partial charge in [-0.1, -0.05) is 43.2 Å². The number of nitrogens with one attached hydrogen (secondary N) is 1. The summed E-state index contributed by atoms with van der Waals surface area (Å²) in [6, 6.07) is 14.4. The molecule has 1 fully saturated rings. The van der Waals surface area contributed by atoms with Gasteiger partial charge in [0.15, 0.2) is 0 Å². The topological polar surface area (TPSA) is 42.2 Å². The van der Waals surface area contributed by atoms with Crippen molar-refractivity contribution in [2.24, 2.45) is 0 Å². The Kier molecular flexibility index (Phi) is 5.44. The molecule has 0 unspecified atom stereocenters. The van der Waals surface area contributed by atoms with Gasteiger partial charge in [0.05, 0.1) is 17.8 Å². The number of carbonyl (C=O) groups is 1. The zero-order valence-corrected chi connectivity index (χ0v) is 14.1. The lowest BCUT2D eigenvalue weighted by atomic mass is 9.79. The second-order valence-electron chi connectivity index (χ2n) is 6.20. The summed E-state index contributed by atoms with van der Waals surface area (Å²) in [7, 11) is 0. The molecule has 0 aliphatic heterocycles. The highest BCUT2D eigenvalue weighted by Crippen LogP contribution is 2.40. The molecule has 0 spiro atoms. The van der Waals surface area contributed by atoms with Crippen LogP contribution in [-0.2, 0) is 16.0 Å². The van der Waals surface area contributed by atoms with Gasteiger partial charge in [0.25, 0.3) is 0 Å². The Bertz CT molecular complexity index is 604. The number of carbonyl (C=O) groups excluding carboxylic acids is 1. The van der Waals surface area contributed by atoms with Gasteiger partial charge in [-0.15, -0.1) is 11.8 Å². The van der Waals surface area contributed by atoms with E-state index >= 15 is 0 Å². The molecule has 1 saturated carbocycles. The van der Waals surface area contributed by atoms with E-state index in [9.17, 15) is 4.79 Å². The number of benzene rings is 1. The van der Waals surface area contributed by atoms with Crippen LogP contribution in [-0.4, -0.2) is 18.2 Å². The fraction of sp³-hybridized carbons (Fsp3) is 0.421. The van der Waals surface area contributed by atoms with Gasteiger partial charge in [-0.25, -0.2) is 0 Å². The molecule has 3 nitrogen and oxygen atoms in total. The van der Waals surface area contributed by atoms with E-state index in [-0.39, 0.29) is 11.3 Å². The molecule has 1 amide bonds. The van der Waals surface area contributed by atoms with Gasteiger partial charge in [-0.05, 0) is 30.5 Å². The van der Waals surface area contributed by atoms with E-state index in [1.807, 2.05) is 12.1 Å². The van der Waals surface area contributed by atoms with Crippen LogP contribution in [0.25, 0.3) is 0 Å². The first-order valence-corrected chi connectivity index (χ1v) is 9.36. The summed E-state index contributed by atoms with van der Waals surface area (Å²) in [6.45, 7) is 0.747. The predicted octanol–water partition coefficient (Wildman–Crippen LogP) is 4.14. The van der Waals surface area contributed by atoms with Crippen molar-refractivity contribution in [3.63, 3.8) is 0 Å². The molecule has 0 saturated heterocycles. The average molecular weight is 329 g/mol. The van der Waals surface area contributed by atoms with Crippen molar-refractivity contribution in [3.8, 4) is 0 Å². The number of thioether (sulfide) groups is 1. The number of rotatable bonds is 7. The van der Waals surface area contributed by atoms with Gasteiger partial charge in [0, 0.05) is 12.0 Å². The lowest BCUT2D eigenvalue weighted by molar-refractivity contribution is -0.118. The largest absolute Gasteiger partial charge is 0.468 e. The molecule has 1 aromatic carbocycles. The molecular formula is C19H23NO2S. The van der Waals surface area contributed by atoms with Crippen LogP contribution in [0.3, 0.4) is 0 Å².